The molecule has 0 unspecified atom stereocenters. The maximum Gasteiger partial charge on any atom is 0.0484 e. The summed E-state index contributed by atoms with van der Waals surface area (Å²) in [5.41, 5.74) is 5.76. The molecule has 0 radical (unpaired) electrons. The minimum absolute atomic E-state index is 0.0413. The number of sulfone groups is 1. The van der Waals surface area contributed by atoms with Crippen LogP contribution in [0.3, 0.4) is 0 Å². The van der Waals surface area contributed by atoms with E-state index in [9.17, 15) is 39.6 Å². The second kappa shape index (κ2) is 33.8. The van der Waals surface area contributed by atoms with Gasteiger partial charge in [0.15, 0.2) is 9.84 Å². The molecule has 0 bridgehead atoms. The molecule has 11 rings (SSSR count). The van der Waals surface area contributed by atoms with Crippen LogP contribution in [0.1, 0.15) is 51.5 Å². The molecule has 3 aromatic carbocycles. The molecule has 28 heteroatoms. The van der Waals surface area contributed by atoms with Gasteiger partial charge < -0.3 is 24.2 Å². The zero-order valence-corrected chi connectivity index (χ0v) is 58.1. The number of esters is 2. The molecule has 2 N–H and O–H groups in total. The number of hydrogen-bond donors (Lipinski definition) is 2. The molecule has 0 saturated heterocycles. The van der Waals surface area contributed by atoms with Crippen LogP contribution in [0.2, 0.25) is 0 Å². The molecule has 0 spiro atoms. The summed E-state index contributed by atoms with van der Waals surface area (Å²) in [4.78, 5) is 55.3. The van der Waals surface area contributed by atoms with Crippen molar-refractivity contribution in [2.75, 3.05) is 26.6 Å². The van der Waals surface area contributed by atoms with Gasteiger partial charge in [0.2, 0.25) is 0 Å². The summed E-state index contributed by atoms with van der Waals surface area (Å²) < 4.78 is 89.2. The first-order chi connectivity index (χ1) is 40.8. The second-order valence-corrected chi connectivity index (χ2v) is 59.0. The molecule has 0 aliphatic heterocycles. The van der Waals surface area contributed by atoms with Crippen LogP contribution in [0.4, 0.5) is 4.79 Å². The Morgan fingerprint density at radius 1 is 0.558 bits per heavy atom. The Labute approximate surface area is 540 Å². The number of benzene rings is 3. The zero-order valence-electron chi connectivity index (χ0n) is 47.0. The average molecular weight is 1620 g/mol. The fourth-order valence-corrected chi connectivity index (χ4v) is 11.0. The Kier molecular flexibility index (Phi) is 27.7. The summed E-state index contributed by atoms with van der Waals surface area (Å²) in [6.07, 6.45) is 17.9. The van der Waals surface area contributed by atoms with E-state index in [0.717, 1.165) is 47.9 Å². The van der Waals surface area contributed by atoms with Crippen molar-refractivity contribution >= 4 is 162 Å². The molecule has 0 saturated carbocycles. The minimum Gasteiger partial charge on any atom is -0.361 e. The van der Waals surface area contributed by atoms with Crippen LogP contribution in [0.15, 0.2) is 198 Å². The normalized spacial score (nSPS) is 10.9. The molecule has 20 nitrogen and oxygen atoms in total. The number of hydrogen-bond acceptors (Lipinski definition) is 16. The van der Waals surface area contributed by atoms with Crippen LogP contribution in [-0.2, 0) is 49.0 Å². The number of halogens is 4. The molecule has 8 aromatic heterocycles. The Balaban J connectivity index is 0.000000195. The Morgan fingerprint density at radius 2 is 1.02 bits per heavy atom. The predicted octanol–water partition coefficient (Wildman–Crippen LogP) is 13.7. The summed E-state index contributed by atoms with van der Waals surface area (Å²) in [5.74, 6) is -1.06. The third-order valence-electron chi connectivity index (χ3n) is 11.5. The largest absolute Gasteiger partial charge is 0.361 e. The molecular weight excluding hydrogens is 1560 g/mol. The Morgan fingerprint density at radius 3 is 1.50 bits per heavy atom. The van der Waals surface area contributed by atoms with Gasteiger partial charge in [-0.15, -0.1) is 0 Å². The van der Waals surface area contributed by atoms with Gasteiger partial charge in [0.25, 0.3) is 20.0 Å². The first-order valence-corrected chi connectivity index (χ1v) is 43.9. The third-order valence-corrected chi connectivity index (χ3v) is 16.2. The number of methoxy groups -OCH3 is 1. The van der Waals surface area contributed by atoms with E-state index in [-0.39, 0.29) is 33.0 Å². The first kappa shape index (κ1) is 70.5. The number of H-pyrrole nitrogens is 2. The van der Waals surface area contributed by atoms with Gasteiger partial charge in [-0.3, -0.25) is 19.9 Å². The zero-order chi connectivity index (χ0) is 63.2. The number of pyridine rings is 4. The van der Waals surface area contributed by atoms with Crippen molar-refractivity contribution in [2.24, 2.45) is 0 Å². The van der Waals surface area contributed by atoms with Gasteiger partial charge in [-0.25, -0.2) is 47.6 Å². The van der Waals surface area contributed by atoms with Gasteiger partial charge in [-0.1, -0.05) is 53.1 Å². The quantitative estimate of drug-likeness (QED) is 0.0588. The second-order valence-electron chi connectivity index (χ2n) is 17.7. The topological polar surface area (TPSA) is 274 Å². The fourth-order valence-electron chi connectivity index (χ4n) is 7.43. The van der Waals surface area contributed by atoms with Crippen molar-refractivity contribution < 1.29 is 58.8 Å². The number of fused-ring (bicyclic) bond motifs is 4. The van der Waals surface area contributed by atoms with E-state index in [1.165, 1.54) is 47.9 Å². The van der Waals surface area contributed by atoms with Crippen molar-refractivity contribution in [3.8, 4) is 0 Å². The minimum atomic E-state index is -3.94. The summed E-state index contributed by atoms with van der Waals surface area (Å²) in [6, 6.07) is 34.1. The summed E-state index contributed by atoms with van der Waals surface area (Å²) in [6.45, 7) is 9.59. The van der Waals surface area contributed by atoms with Crippen LogP contribution in [0.25, 0.3) is 43.6 Å². The predicted molar refractivity (Wildman–Crippen MR) is 356 cm³/mol. The molecule has 0 amide bonds. The van der Waals surface area contributed by atoms with Gasteiger partial charge in [-0.2, -0.15) is 0 Å². The van der Waals surface area contributed by atoms with Crippen LogP contribution in [0, 0.1) is 20.8 Å². The molecule has 8 heterocycles. The smallest absolute Gasteiger partial charge is 0.0484 e. The van der Waals surface area contributed by atoms with Gasteiger partial charge in [0.1, 0.15) is 11.4 Å². The first-order valence-electron chi connectivity index (χ1n) is 25.2. The number of rotatable bonds is 9. The molecule has 0 atom stereocenters. The van der Waals surface area contributed by atoms with E-state index in [4.69, 9.17) is 16.3 Å². The Hall–Kier alpha value is -6.26. The SMILES string of the molecule is CCOC(=O)Cl.CCOC(=O)c1cc2cnccc2n1S(=O)(=O)c1ccc(C)cc1.COC(=O)c1cc2cnccc2[nH]1.Cc1ccc(S(=O)(=O)n2ccc3cnccc32)cc1.Cc1ccc(S(C)(=O)=O)cc1.[I][V]([I])[I].c1cc2[nH]ccc2cn1. The van der Waals surface area contributed by atoms with Crippen LogP contribution in [-0.4, -0.2) is 107 Å². The number of carbonyl (C=O) groups excluding carboxylic acids is 3. The number of ether oxygens (including phenoxy) is 3. The Bertz CT molecular complexity index is 4310. The number of nitrogens with one attached hydrogen (secondary N) is 2. The summed E-state index contributed by atoms with van der Waals surface area (Å²) in [5, 5.41) is 3.43. The standard InChI is InChI=1S/C17H16N2O4S.C14H12N2O2S.C9H8N2O2.C8H10O2S.C7H6N2.C3H5ClO2.3HI.V/c1-3-23-17(20)16-10-13-11-18-9-8-15(13)19(16)24(21,22)14-6-4-12(2)5-7-14;1-11-2-4-13(5-3-11)19(17,18)16-9-7-12-10-15-8-6-14(12)16;1-13-9(12)8-4-6-5-10-3-2-7(6)11-8;1-7-3-5-8(6-4-7)11(2,9)10;1-4-9-7-2-3-8-5-6(1)7;1-2-6-3(4)5;;;;/h4-11H,3H2,1-2H3;2-10H,1H3;2-5,11H,1H3;3-6H,1-2H3;1-5,9H;2H2,1H3;3*1H;/q;;;;;;;;;+3/p-3. The van der Waals surface area contributed by atoms with E-state index in [1.807, 2.05) is 51.4 Å². The maximum atomic E-state index is 13.1. The van der Waals surface area contributed by atoms with Crippen molar-refractivity contribution in [3.63, 3.8) is 0 Å². The summed E-state index contributed by atoms with van der Waals surface area (Å²) >= 11 is 12.1. The van der Waals surface area contributed by atoms with E-state index in [2.05, 4.69) is 99.3 Å². The van der Waals surface area contributed by atoms with Gasteiger partial charge in [0.05, 0.1) is 46.0 Å². The van der Waals surface area contributed by atoms with Crippen LogP contribution >= 0.6 is 71.5 Å². The van der Waals surface area contributed by atoms with Crippen molar-refractivity contribution in [3.05, 3.63) is 211 Å². The molecular formula is C58H57ClI3N8O12S3V. The van der Waals surface area contributed by atoms with Crippen molar-refractivity contribution in [2.45, 2.75) is 49.3 Å². The molecule has 11 aromatic rings. The van der Waals surface area contributed by atoms with Gasteiger partial charge in [-0.05, 0) is 120 Å². The van der Waals surface area contributed by atoms with Crippen molar-refractivity contribution in [1.82, 2.24) is 37.8 Å². The molecule has 0 aliphatic carbocycles. The van der Waals surface area contributed by atoms with E-state index < -0.39 is 41.3 Å². The van der Waals surface area contributed by atoms with Crippen molar-refractivity contribution in [1.29, 1.82) is 0 Å². The number of carbonyl (C=O) groups is 3. The number of aromatic amines is 2. The number of nitrogens with zero attached hydrogens (tertiary/aromatic N) is 6. The van der Waals surface area contributed by atoms with Gasteiger partial charge in [0, 0.05) is 112 Å². The van der Waals surface area contributed by atoms with E-state index in [0.29, 0.717) is 33.6 Å². The summed E-state index contributed by atoms with van der Waals surface area (Å²) in [7, 11) is -9.16. The molecule has 0 aliphatic rings. The maximum absolute atomic E-state index is 13.1. The van der Waals surface area contributed by atoms with Gasteiger partial charge >= 0.3 is 82.2 Å². The van der Waals surface area contributed by atoms with Crippen LogP contribution in [0.5, 0.6) is 0 Å². The number of aromatic nitrogens is 8. The molecule has 86 heavy (non-hydrogen) atoms. The van der Waals surface area contributed by atoms with E-state index >= 15 is 0 Å². The van der Waals surface area contributed by atoms with Crippen LogP contribution < -0.4 is 0 Å². The fraction of sp³-hybridized carbons (Fsp3) is 0.155. The average Bonchev–Trinajstić information content (AvgIpc) is 1.84. The van der Waals surface area contributed by atoms with E-state index in [1.54, 1.807) is 136 Å². The molecule has 452 valence electrons. The number of aryl methyl sites for hydroxylation is 3. The third kappa shape index (κ3) is 20.7. The molecule has 0 fully saturated rings. The monoisotopic (exact) mass is 1620 g/mol.